The van der Waals surface area contributed by atoms with Crippen LogP contribution in [-0.2, 0) is 30.1 Å². The number of likely N-dealkylation sites (N-methyl/N-ethyl adjacent to an activating group) is 1. The van der Waals surface area contributed by atoms with Crippen molar-refractivity contribution >= 4 is 6.09 Å². The van der Waals surface area contributed by atoms with Crippen LogP contribution in [0, 0.1) is 0 Å². The van der Waals surface area contributed by atoms with Gasteiger partial charge in [-0.2, -0.15) is 0 Å². The number of aliphatic hydroxyl groups is 1. The average Bonchev–Trinajstić information content (AvgIpc) is 2.89. The number of amides is 1. The lowest BCUT2D eigenvalue weighted by molar-refractivity contribution is -0.306. The van der Waals surface area contributed by atoms with Gasteiger partial charge in [0.05, 0.1) is 6.10 Å². The Bertz CT molecular complexity index is 800. The number of hydrogen-bond acceptors (Lipinski definition) is 7. The SMILES string of the molecule is CCCCOC1O[C@H](C(O)Cc2ccccc2)[C@H](OCCCC)[C@@H](OCCCC)[C@@H]1N(C)C(=O)OC(C)(C)C. The first-order valence-corrected chi connectivity index (χ1v) is 14.8. The van der Waals surface area contributed by atoms with Gasteiger partial charge in [0.2, 0.25) is 0 Å². The first-order valence-electron chi connectivity index (χ1n) is 14.8. The molecule has 2 unspecified atom stereocenters. The van der Waals surface area contributed by atoms with E-state index in [2.05, 4.69) is 20.8 Å². The van der Waals surface area contributed by atoms with Crippen molar-refractivity contribution in [3.8, 4) is 0 Å². The molecule has 1 heterocycles. The van der Waals surface area contributed by atoms with E-state index in [1.54, 1.807) is 7.05 Å². The Morgan fingerprint density at radius 1 is 0.923 bits per heavy atom. The molecule has 1 N–H and O–H groups in total. The summed E-state index contributed by atoms with van der Waals surface area (Å²) in [5.74, 6) is 0. The maximum absolute atomic E-state index is 13.3. The van der Waals surface area contributed by atoms with Crippen LogP contribution in [0.15, 0.2) is 30.3 Å². The van der Waals surface area contributed by atoms with Crippen molar-refractivity contribution in [1.29, 1.82) is 0 Å². The quantitative estimate of drug-likeness (QED) is 0.262. The van der Waals surface area contributed by atoms with Crippen LogP contribution in [0.5, 0.6) is 0 Å². The normalized spacial score (nSPS) is 24.4. The Hall–Kier alpha value is -1.71. The molecule has 1 aromatic rings. The minimum atomic E-state index is -0.860. The van der Waals surface area contributed by atoms with Crippen LogP contribution in [0.4, 0.5) is 4.79 Å². The van der Waals surface area contributed by atoms with Crippen LogP contribution < -0.4 is 0 Å². The smallest absolute Gasteiger partial charge is 0.410 e. The van der Waals surface area contributed by atoms with Crippen molar-refractivity contribution in [2.45, 2.75) is 129 Å². The summed E-state index contributed by atoms with van der Waals surface area (Å²) < 4.78 is 31.4. The summed E-state index contributed by atoms with van der Waals surface area (Å²) in [5, 5.41) is 11.5. The Morgan fingerprint density at radius 2 is 1.46 bits per heavy atom. The van der Waals surface area contributed by atoms with Crippen LogP contribution in [0.2, 0.25) is 0 Å². The monoisotopic (exact) mass is 551 g/mol. The molecule has 1 aliphatic rings. The van der Waals surface area contributed by atoms with Gasteiger partial charge in [0.15, 0.2) is 6.29 Å². The zero-order chi connectivity index (χ0) is 28.8. The molecule has 0 aromatic heterocycles. The Kier molecular flexibility index (Phi) is 14.8. The zero-order valence-electron chi connectivity index (χ0n) is 25.3. The molecular weight excluding hydrogens is 498 g/mol. The van der Waals surface area contributed by atoms with Gasteiger partial charge in [-0.05, 0) is 45.6 Å². The number of benzene rings is 1. The lowest BCUT2D eigenvalue weighted by atomic mass is 9.90. The second kappa shape index (κ2) is 17.2. The predicted octanol–water partition coefficient (Wildman–Crippen LogP) is 5.74. The minimum absolute atomic E-state index is 0.398. The molecule has 0 aliphatic carbocycles. The molecule has 0 spiro atoms. The predicted molar refractivity (Wildman–Crippen MR) is 153 cm³/mol. The fourth-order valence-corrected chi connectivity index (χ4v) is 4.58. The van der Waals surface area contributed by atoms with Gasteiger partial charge in [0.1, 0.15) is 30.0 Å². The van der Waals surface area contributed by atoms with E-state index in [-0.39, 0.29) is 0 Å². The molecule has 1 saturated heterocycles. The minimum Gasteiger partial charge on any atom is -0.444 e. The van der Waals surface area contributed by atoms with Crippen LogP contribution in [0.1, 0.15) is 85.6 Å². The first kappa shape index (κ1) is 33.5. The van der Waals surface area contributed by atoms with Gasteiger partial charge in [-0.15, -0.1) is 0 Å². The molecule has 0 saturated carbocycles. The van der Waals surface area contributed by atoms with Gasteiger partial charge in [-0.25, -0.2) is 4.79 Å². The first-order chi connectivity index (χ1) is 18.6. The number of unbranched alkanes of at least 4 members (excludes halogenated alkanes) is 3. The average molecular weight is 552 g/mol. The van der Waals surface area contributed by atoms with E-state index in [1.165, 1.54) is 4.90 Å². The van der Waals surface area contributed by atoms with Crippen molar-refractivity contribution in [2.24, 2.45) is 0 Å². The van der Waals surface area contributed by atoms with Crippen LogP contribution in [0.3, 0.4) is 0 Å². The number of nitrogens with zero attached hydrogens (tertiary/aromatic N) is 1. The van der Waals surface area contributed by atoms with Gasteiger partial charge in [-0.3, -0.25) is 0 Å². The zero-order valence-corrected chi connectivity index (χ0v) is 25.3. The summed E-state index contributed by atoms with van der Waals surface area (Å²) >= 11 is 0. The van der Waals surface area contributed by atoms with Crippen LogP contribution in [-0.4, -0.2) is 85.3 Å². The number of hydrogen-bond donors (Lipinski definition) is 1. The van der Waals surface area contributed by atoms with Gasteiger partial charge >= 0.3 is 6.09 Å². The third-order valence-electron chi connectivity index (χ3n) is 6.75. The number of rotatable bonds is 16. The van der Waals surface area contributed by atoms with Crippen LogP contribution >= 0.6 is 0 Å². The summed E-state index contributed by atoms with van der Waals surface area (Å²) in [7, 11) is 1.69. The number of carbonyl (C=O) groups excluding carboxylic acids is 1. The highest BCUT2D eigenvalue weighted by Crippen LogP contribution is 2.33. The highest BCUT2D eigenvalue weighted by atomic mass is 16.7. The van der Waals surface area contributed by atoms with E-state index in [0.717, 1.165) is 44.1 Å². The van der Waals surface area contributed by atoms with Crippen molar-refractivity contribution in [3.63, 3.8) is 0 Å². The molecule has 39 heavy (non-hydrogen) atoms. The molecule has 1 aromatic carbocycles. The van der Waals surface area contributed by atoms with Gasteiger partial charge in [-0.1, -0.05) is 70.4 Å². The lowest BCUT2D eigenvalue weighted by Crippen LogP contribution is -2.68. The summed E-state index contributed by atoms with van der Waals surface area (Å²) in [6, 6.07) is 9.22. The highest BCUT2D eigenvalue weighted by Gasteiger charge is 2.53. The highest BCUT2D eigenvalue weighted by molar-refractivity contribution is 5.68. The summed E-state index contributed by atoms with van der Waals surface area (Å²) in [6.07, 6.45) is 1.81. The molecule has 6 atom stereocenters. The summed E-state index contributed by atoms with van der Waals surface area (Å²) in [5.41, 5.74) is 0.337. The Labute approximate surface area is 236 Å². The maximum Gasteiger partial charge on any atom is 0.410 e. The molecule has 224 valence electrons. The number of aliphatic hydroxyl groups excluding tert-OH is 1. The standard InChI is InChI=1S/C31H53NO7/c1-8-11-19-35-27-25(32(7)30(34)39-31(4,5)6)29(37-21-13-10-3)38-26(28(27)36-20-12-9-2)24(33)22-23-17-15-14-16-18-23/h14-18,24-29,33H,8-13,19-22H2,1-7H3/t24?,25-,26+,27-,28-,29?/m0/s1. The third-order valence-corrected chi connectivity index (χ3v) is 6.75. The molecule has 2 rings (SSSR count). The number of carbonyl (C=O) groups is 1. The number of ether oxygens (including phenoxy) is 5. The second-order valence-electron chi connectivity index (χ2n) is 11.4. The second-order valence-corrected chi connectivity index (χ2v) is 11.4. The van der Waals surface area contributed by atoms with Crippen LogP contribution in [0.25, 0.3) is 0 Å². The Morgan fingerprint density at radius 3 is 2.00 bits per heavy atom. The fraction of sp³-hybridized carbons (Fsp3) is 0.774. The van der Waals surface area contributed by atoms with E-state index < -0.39 is 48.4 Å². The Balaban J connectivity index is 2.47. The van der Waals surface area contributed by atoms with Gasteiger partial charge < -0.3 is 33.7 Å². The van der Waals surface area contributed by atoms with Crippen molar-refractivity contribution in [3.05, 3.63) is 35.9 Å². The van der Waals surface area contributed by atoms with Crippen molar-refractivity contribution < 1.29 is 33.6 Å². The molecule has 1 amide bonds. The van der Waals surface area contributed by atoms with E-state index >= 15 is 0 Å². The van der Waals surface area contributed by atoms with E-state index in [4.69, 9.17) is 23.7 Å². The third kappa shape index (κ3) is 11.0. The molecular formula is C31H53NO7. The van der Waals surface area contributed by atoms with Gasteiger partial charge in [0.25, 0.3) is 0 Å². The lowest BCUT2D eigenvalue weighted by Gasteiger charge is -2.49. The van der Waals surface area contributed by atoms with E-state index in [9.17, 15) is 9.90 Å². The maximum atomic E-state index is 13.3. The summed E-state index contributed by atoms with van der Waals surface area (Å²) in [4.78, 5) is 14.8. The molecule has 1 aliphatic heterocycles. The van der Waals surface area contributed by atoms with Crippen molar-refractivity contribution in [1.82, 2.24) is 4.90 Å². The molecule has 8 nitrogen and oxygen atoms in total. The van der Waals surface area contributed by atoms with Crippen molar-refractivity contribution in [2.75, 3.05) is 26.9 Å². The van der Waals surface area contributed by atoms with E-state index in [0.29, 0.717) is 26.2 Å². The fourth-order valence-electron chi connectivity index (χ4n) is 4.58. The molecule has 0 bridgehead atoms. The molecule has 0 radical (unpaired) electrons. The van der Waals surface area contributed by atoms with E-state index in [1.807, 2.05) is 51.1 Å². The largest absolute Gasteiger partial charge is 0.444 e. The summed E-state index contributed by atoms with van der Waals surface area (Å²) in [6.45, 7) is 13.3. The van der Waals surface area contributed by atoms with Gasteiger partial charge in [0, 0.05) is 33.3 Å². The topological polar surface area (TPSA) is 86.7 Å². The molecule has 8 heteroatoms. The molecule has 1 fully saturated rings.